The van der Waals surface area contributed by atoms with E-state index in [0.29, 0.717) is 0 Å². The average Bonchev–Trinajstić information content (AvgIpc) is 3.55. The summed E-state index contributed by atoms with van der Waals surface area (Å²) in [5.41, 5.74) is 29.3. The number of benzene rings is 8. The molecule has 0 radical (unpaired) electrons. The van der Waals surface area contributed by atoms with Crippen molar-refractivity contribution in [3.05, 3.63) is 208 Å². The van der Waals surface area contributed by atoms with E-state index in [1.807, 2.05) is 0 Å². The Balaban J connectivity index is 1.19. The Morgan fingerprint density at radius 2 is 0.914 bits per heavy atom. The van der Waals surface area contributed by atoms with Crippen LogP contribution in [0.15, 0.2) is 158 Å². The smallest absolute Gasteiger partial charge is 0.252 e. The highest BCUT2D eigenvalue weighted by atomic mass is 15.2. The molecule has 2 aliphatic heterocycles. The first-order valence-electron chi connectivity index (χ1n) is 30.6. The van der Waals surface area contributed by atoms with Gasteiger partial charge in [0.25, 0.3) is 6.71 Å². The number of hydrogen-bond acceptors (Lipinski definition) is 2. The van der Waals surface area contributed by atoms with Crippen LogP contribution in [0.25, 0.3) is 22.3 Å². The van der Waals surface area contributed by atoms with Crippen LogP contribution in [0.3, 0.4) is 0 Å². The Bertz CT molecular complexity index is 3790. The number of rotatable bonds is 7. The summed E-state index contributed by atoms with van der Waals surface area (Å²) in [5, 5.41) is 0. The van der Waals surface area contributed by atoms with Crippen LogP contribution < -0.4 is 26.2 Å². The molecular weight excluding hydrogens is 976 g/mol. The predicted octanol–water partition coefficient (Wildman–Crippen LogP) is 19.8. The molecule has 414 valence electrons. The quantitative estimate of drug-likeness (QED) is 0.147. The first-order valence-corrected chi connectivity index (χ1v) is 30.6. The fourth-order valence-corrected chi connectivity index (χ4v) is 14.5. The molecule has 2 nitrogen and oxygen atoms in total. The molecule has 2 aliphatic carbocycles. The maximum atomic E-state index is 2.74. The SMILES string of the molecule is CC(C)c1cc2c3c(c1)N(c1ccc(C(C)(C)C)cc1-c1cccc(-c4ccc(C(C)(C)C)cc4)c1)c1ccc(C(C)(C)c4ccccc4)cc1B3c1cc3c(cc1N2c1ccc2c(c1)C(C)(C)CCC2(C)C)C(C)(C)CCC3(C)C. The first kappa shape index (κ1) is 55.0. The molecule has 2 heterocycles. The van der Waals surface area contributed by atoms with Crippen LogP contribution in [0.4, 0.5) is 34.1 Å². The second kappa shape index (κ2) is 18.7. The van der Waals surface area contributed by atoms with E-state index in [1.54, 1.807) is 0 Å². The lowest BCUT2D eigenvalue weighted by Gasteiger charge is -2.48. The average molecular weight is 1070 g/mol. The van der Waals surface area contributed by atoms with E-state index in [4.69, 9.17) is 0 Å². The Labute approximate surface area is 488 Å². The summed E-state index contributed by atoms with van der Waals surface area (Å²) < 4.78 is 0. The molecular formula is C78H89BN2. The molecule has 12 rings (SSSR count). The van der Waals surface area contributed by atoms with Crippen molar-refractivity contribution in [3.63, 3.8) is 0 Å². The van der Waals surface area contributed by atoms with Crippen molar-refractivity contribution in [2.24, 2.45) is 0 Å². The Kier molecular flexibility index (Phi) is 12.7. The van der Waals surface area contributed by atoms with Gasteiger partial charge in [-0.15, -0.1) is 0 Å². The van der Waals surface area contributed by atoms with Crippen LogP contribution >= 0.6 is 0 Å². The van der Waals surface area contributed by atoms with Crippen molar-refractivity contribution in [2.45, 2.75) is 194 Å². The number of nitrogens with zero attached hydrogens (tertiary/aromatic N) is 2. The van der Waals surface area contributed by atoms with Gasteiger partial charge in [-0.1, -0.05) is 228 Å². The number of anilines is 6. The van der Waals surface area contributed by atoms with Crippen molar-refractivity contribution in [2.75, 3.05) is 9.80 Å². The molecule has 8 aromatic carbocycles. The molecule has 8 aromatic rings. The monoisotopic (exact) mass is 1060 g/mol. The zero-order chi connectivity index (χ0) is 57.7. The van der Waals surface area contributed by atoms with Crippen LogP contribution in [-0.4, -0.2) is 6.71 Å². The van der Waals surface area contributed by atoms with E-state index in [0.717, 1.165) is 12.8 Å². The highest BCUT2D eigenvalue weighted by Gasteiger charge is 2.48. The van der Waals surface area contributed by atoms with Gasteiger partial charge < -0.3 is 9.80 Å². The molecule has 0 unspecified atom stereocenters. The largest absolute Gasteiger partial charge is 0.311 e. The van der Waals surface area contributed by atoms with Gasteiger partial charge in [-0.25, -0.2) is 0 Å². The molecule has 0 saturated carbocycles. The van der Waals surface area contributed by atoms with Crippen molar-refractivity contribution in [3.8, 4) is 22.3 Å². The third-order valence-electron chi connectivity index (χ3n) is 20.4. The fourth-order valence-electron chi connectivity index (χ4n) is 14.5. The van der Waals surface area contributed by atoms with Crippen LogP contribution in [0, 0.1) is 0 Å². The van der Waals surface area contributed by atoms with Crippen molar-refractivity contribution >= 4 is 57.2 Å². The zero-order valence-corrected chi connectivity index (χ0v) is 52.4. The molecule has 81 heavy (non-hydrogen) atoms. The van der Waals surface area contributed by atoms with Gasteiger partial charge in [0.05, 0.1) is 5.69 Å². The van der Waals surface area contributed by atoms with E-state index in [1.165, 1.54) is 136 Å². The summed E-state index contributed by atoms with van der Waals surface area (Å²) in [6.45, 7) is 43.4. The second-order valence-corrected chi connectivity index (χ2v) is 30.6. The van der Waals surface area contributed by atoms with Crippen molar-refractivity contribution in [1.29, 1.82) is 0 Å². The molecule has 0 aromatic heterocycles. The molecule has 4 aliphatic rings. The highest BCUT2D eigenvalue weighted by Crippen LogP contribution is 2.54. The van der Waals surface area contributed by atoms with Crippen LogP contribution in [-0.2, 0) is 37.9 Å². The molecule has 0 amide bonds. The summed E-state index contributed by atoms with van der Waals surface area (Å²) in [7, 11) is 0. The van der Waals surface area contributed by atoms with E-state index in [2.05, 4.69) is 292 Å². The molecule has 0 fully saturated rings. The standard InChI is InChI=1S/C78H89BN2/c1-49(2)53-42-69-71-70(43-53)81(66-35-31-56(73(6,7)8)44-59(66)52-24-22-23-51(41-52)50-27-29-54(30-28-50)72(3,4)5)67-36-32-57(78(17,18)55-25-20-19-21-26-55)45-64(67)79(71)65-47-62-63(77(15,16)40-39-76(62,13)14)48-68(65)80(69)58-33-34-60-61(46-58)75(11,12)38-37-74(60,9)10/h19-36,41-49H,37-40H2,1-18H3. The third kappa shape index (κ3) is 9.14. The Morgan fingerprint density at radius 1 is 0.383 bits per heavy atom. The van der Waals surface area contributed by atoms with Gasteiger partial charge in [0.1, 0.15) is 0 Å². The van der Waals surface area contributed by atoms with Crippen molar-refractivity contribution < 1.29 is 0 Å². The summed E-state index contributed by atoms with van der Waals surface area (Å²) in [6, 6.07) is 63.0. The minimum atomic E-state index is -0.258. The second-order valence-electron chi connectivity index (χ2n) is 30.6. The van der Waals surface area contributed by atoms with E-state index in [-0.39, 0.29) is 50.5 Å². The lowest BCUT2D eigenvalue weighted by molar-refractivity contribution is 0.332. The van der Waals surface area contributed by atoms with E-state index >= 15 is 0 Å². The van der Waals surface area contributed by atoms with E-state index in [9.17, 15) is 0 Å². The summed E-state index contributed by atoms with van der Waals surface area (Å²) in [5.74, 6) is 0.279. The lowest BCUT2D eigenvalue weighted by Crippen LogP contribution is -2.62. The lowest BCUT2D eigenvalue weighted by atomic mass is 9.32. The Hall–Kier alpha value is -6.58. The van der Waals surface area contributed by atoms with Gasteiger partial charge in [0.15, 0.2) is 0 Å². The summed E-state index contributed by atoms with van der Waals surface area (Å²) >= 11 is 0. The minimum absolute atomic E-state index is 0.0182. The molecule has 0 spiro atoms. The predicted molar refractivity (Wildman–Crippen MR) is 352 cm³/mol. The van der Waals surface area contributed by atoms with E-state index < -0.39 is 0 Å². The topological polar surface area (TPSA) is 6.48 Å². The molecule has 0 bridgehead atoms. The van der Waals surface area contributed by atoms with Crippen molar-refractivity contribution in [1.82, 2.24) is 0 Å². The van der Waals surface area contributed by atoms with Crippen LogP contribution in [0.1, 0.15) is 206 Å². The maximum absolute atomic E-state index is 2.74. The van der Waals surface area contributed by atoms with Gasteiger partial charge in [-0.3, -0.25) is 0 Å². The Morgan fingerprint density at radius 3 is 1.53 bits per heavy atom. The fraction of sp³-hybridized carbons (Fsp3) is 0.385. The highest BCUT2D eigenvalue weighted by molar-refractivity contribution is 7.00. The van der Waals surface area contributed by atoms with Crippen LogP contribution in [0.5, 0.6) is 0 Å². The summed E-state index contributed by atoms with van der Waals surface area (Å²) in [4.78, 5) is 5.45. The van der Waals surface area contributed by atoms with Gasteiger partial charge in [0, 0.05) is 39.4 Å². The number of hydrogen-bond donors (Lipinski definition) is 0. The molecule has 3 heteroatoms. The maximum Gasteiger partial charge on any atom is 0.252 e. The third-order valence-corrected chi connectivity index (χ3v) is 20.4. The summed E-state index contributed by atoms with van der Waals surface area (Å²) in [6.07, 6.45) is 4.67. The minimum Gasteiger partial charge on any atom is -0.311 e. The molecule has 0 saturated heterocycles. The van der Waals surface area contributed by atoms with Gasteiger partial charge in [-0.2, -0.15) is 0 Å². The molecule has 0 N–H and O–H groups in total. The number of fused-ring (bicyclic) bond motifs is 6. The normalized spacial score (nSPS) is 17.5. The van der Waals surface area contributed by atoms with Gasteiger partial charge >= 0.3 is 0 Å². The first-order chi connectivity index (χ1) is 38.0. The zero-order valence-electron chi connectivity index (χ0n) is 52.4. The van der Waals surface area contributed by atoms with Crippen LogP contribution in [0.2, 0.25) is 0 Å². The molecule has 0 atom stereocenters. The van der Waals surface area contributed by atoms with Gasteiger partial charge in [0.2, 0.25) is 0 Å². The van der Waals surface area contributed by atoms with Gasteiger partial charge in [-0.05, 0) is 202 Å².